The van der Waals surface area contributed by atoms with Gasteiger partial charge < -0.3 is 9.73 Å². The van der Waals surface area contributed by atoms with Gasteiger partial charge >= 0.3 is 0 Å². The van der Waals surface area contributed by atoms with Crippen LogP contribution in [0.2, 0.25) is 0 Å². The van der Waals surface area contributed by atoms with Gasteiger partial charge in [0.2, 0.25) is 0 Å². The Labute approximate surface area is 93.4 Å². The van der Waals surface area contributed by atoms with Crippen LogP contribution in [0, 0.1) is 12.7 Å². The quantitative estimate of drug-likeness (QED) is 0.858. The predicted molar refractivity (Wildman–Crippen MR) is 60.8 cm³/mol. The van der Waals surface area contributed by atoms with Gasteiger partial charge in [0.05, 0.1) is 6.54 Å². The Kier molecular flexibility index (Phi) is 2.21. The van der Waals surface area contributed by atoms with Crippen LogP contribution in [0.25, 0.3) is 11.0 Å². The summed E-state index contributed by atoms with van der Waals surface area (Å²) in [6.45, 7) is 2.44. The molecular weight excluding hydrogens is 205 g/mol. The molecule has 1 aromatic carbocycles. The van der Waals surface area contributed by atoms with Crippen molar-refractivity contribution in [1.29, 1.82) is 0 Å². The Balaban J connectivity index is 1.91. The van der Waals surface area contributed by atoms with E-state index in [1.807, 2.05) is 12.1 Å². The van der Waals surface area contributed by atoms with Crippen LogP contribution >= 0.6 is 0 Å². The molecule has 0 spiro atoms. The van der Waals surface area contributed by atoms with E-state index >= 15 is 0 Å². The Morgan fingerprint density at radius 2 is 2.25 bits per heavy atom. The number of furan rings is 1. The summed E-state index contributed by atoms with van der Waals surface area (Å²) >= 11 is 0. The van der Waals surface area contributed by atoms with Crippen LogP contribution < -0.4 is 5.32 Å². The van der Waals surface area contributed by atoms with Gasteiger partial charge in [-0.1, -0.05) is 12.1 Å². The first-order chi connectivity index (χ1) is 7.74. The van der Waals surface area contributed by atoms with Gasteiger partial charge in [-0.25, -0.2) is 4.39 Å². The maximum Gasteiger partial charge on any atom is 0.170 e. The van der Waals surface area contributed by atoms with E-state index in [0.717, 1.165) is 11.1 Å². The first-order valence-corrected chi connectivity index (χ1v) is 5.65. The maximum absolute atomic E-state index is 13.7. The van der Waals surface area contributed by atoms with Crippen LogP contribution in [-0.2, 0) is 6.54 Å². The third-order valence-electron chi connectivity index (χ3n) is 3.01. The minimum Gasteiger partial charge on any atom is -0.457 e. The molecule has 2 nitrogen and oxygen atoms in total. The number of hydrogen-bond acceptors (Lipinski definition) is 2. The summed E-state index contributed by atoms with van der Waals surface area (Å²) < 4.78 is 19.2. The largest absolute Gasteiger partial charge is 0.457 e. The van der Waals surface area contributed by atoms with Gasteiger partial charge in [0.25, 0.3) is 0 Å². The highest BCUT2D eigenvalue weighted by atomic mass is 19.1. The molecule has 0 atom stereocenters. The van der Waals surface area contributed by atoms with Crippen molar-refractivity contribution in [3.63, 3.8) is 0 Å². The fourth-order valence-corrected chi connectivity index (χ4v) is 1.84. The second kappa shape index (κ2) is 3.59. The molecule has 1 aromatic heterocycles. The lowest BCUT2D eigenvalue weighted by molar-refractivity contribution is 0.493. The minimum absolute atomic E-state index is 0.241. The third kappa shape index (κ3) is 1.71. The van der Waals surface area contributed by atoms with E-state index in [-0.39, 0.29) is 5.82 Å². The summed E-state index contributed by atoms with van der Waals surface area (Å²) in [7, 11) is 0. The number of benzene rings is 1. The molecule has 3 rings (SSSR count). The summed E-state index contributed by atoms with van der Waals surface area (Å²) in [5, 5.41) is 4.19. The lowest BCUT2D eigenvalue weighted by atomic mass is 10.2. The van der Waals surface area contributed by atoms with E-state index in [4.69, 9.17) is 4.42 Å². The number of hydrogen-bond donors (Lipinski definition) is 1. The fourth-order valence-electron chi connectivity index (χ4n) is 1.84. The van der Waals surface area contributed by atoms with Gasteiger partial charge in [-0.3, -0.25) is 0 Å². The van der Waals surface area contributed by atoms with Crippen molar-refractivity contribution < 1.29 is 8.81 Å². The van der Waals surface area contributed by atoms with E-state index in [9.17, 15) is 4.39 Å². The van der Waals surface area contributed by atoms with Crippen LogP contribution in [-0.4, -0.2) is 6.04 Å². The second-order valence-electron chi connectivity index (χ2n) is 4.48. The molecule has 1 saturated carbocycles. The number of halogens is 1. The molecular formula is C13H14FNO. The average Bonchev–Trinajstić information content (AvgIpc) is 3.01. The second-order valence-corrected chi connectivity index (χ2v) is 4.48. The molecule has 0 aliphatic heterocycles. The smallest absolute Gasteiger partial charge is 0.170 e. The minimum atomic E-state index is -0.241. The molecule has 0 radical (unpaired) electrons. The zero-order valence-electron chi connectivity index (χ0n) is 9.22. The summed E-state index contributed by atoms with van der Waals surface area (Å²) in [4.78, 5) is 0. The summed E-state index contributed by atoms with van der Waals surface area (Å²) in [6, 6.07) is 6.23. The fraction of sp³-hybridized carbons (Fsp3) is 0.385. The van der Waals surface area contributed by atoms with Crippen molar-refractivity contribution >= 4 is 11.0 Å². The highest BCUT2D eigenvalue weighted by molar-refractivity contribution is 5.79. The number of aryl methyl sites for hydroxylation is 1. The first kappa shape index (κ1) is 9.85. The molecule has 0 amide bonds. The van der Waals surface area contributed by atoms with E-state index in [0.29, 0.717) is 23.7 Å². The zero-order valence-corrected chi connectivity index (χ0v) is 9.22. The van der Waals surface area contributed by atoms with Crippen LogP contribution in [0.15, 0.2) is 22.6 Å². The Morgan fingerprint density at radius 3 is 3.00 bits per heavy atom. The zero-order chi connectivity index (χ0) is 11.1. The first-order valence-electron chi connectivity index (χ1n) is 5.65. The van der Waals surface area contributed by atoms with Crippen molar-refractivity contribution in [2.45, 2.75) is 32.4 Å². The molecule has 1 N–H and O–H groups in total. The number of fused-ring (bicyclic) bond motifs is 1. The molecule has 1 fully saturated rings. The molecule has 16 heavy (non-hydrogen) atoms. The number of rotatable bonds is 3. The lowest BCUT2D eigenvalue weighted by Crippen LogP contribution is -2.14. The standard InChI is InChI=1S/C13H14FNO/c1-8-2-3-9-6-11(7-15-10-4-5-10)16-13(9)12(8)14/h2-3,6,10,15H,4-5,7H2,1H3. The van der Waals surface area contributed by atoms with Gasteiger partial charge in [0.15, 0.2) is 11.4 Å². The van der Waals surface area contributed by atoms with Crippen molar-refractivity contribution in [1.82, 2.24) is 5.32 Å². The summed E-state index contributed by atoms with van der Waals surface area (Å²) in [5.41, 5.74) is 1.01. The Bertz CT molecular complexity index is 528. The van der Waals surface area contributed by atoms with Crippen molar-refractivity contribution in [2.24, 2.45) is 0 Å². The Hall–Kier alpha value is -1.35. The Morgan fingerprint density at radius 1 is 1.44 bits per heavy atom. The molecule has 2 aromatic rings. The lowest BCUT2D eigenvalue weighted by Gasteiger charge is -1.97. The molecule has 3 heteroatoms. The van der Waals surface area contributed by atoms with Crippen LogP contribution in [0.1, 0.15) is 24.2 Å². The predicted octanol–water partition coefficient (Wildman–Crippen LogP) is 3.13. The monoisotopic (exact) mass is 219 g/mol. The van der Waals surface area contributed by atoms with Gasteiger partial charge in [0, 0.05) is 11.4 Å². The van der Waals surface area contributed by atoms with Crippen molar-refractivity contribution in [2.75, 3.05) is 0 Å². The topological polar surface area (TPSA) is 25.2 Å². The van der Waals surface area contributed by atoms with E-state index in [2.05, 4.69) is 5.32 Å². The summed E-state index contributed by atoms with van der Waals surface area (Å²) in [5.74, 6) is 0.571. The van der Waals surface area contributed by atoms with Crippen molar-refractivity contribution in [3.8, 4) is 0 Å². The van der Waals surface area contributed by atoms with E-state index in [1.54, 1.807) is 13.0 Å². The van der Waals surface area contributed by atoms with Crippen LogP contribution in [0.5, 0.6) is 0 Å². The molecule has 84 valence electrons. The van der Waals surface area contributed by atoms with Gasteiger partial charge in [-0.05, 0) is 31.4 Å². The highest BCUT2D eigenvalue weighted by Gasteiger charge is 2.20. The van der Waals surface area contributed by atoms with Gasteiger partial charge in [0.1, 0.15) is 5.76 Å². The molecule has 1 aliphatic rings. The third-order valence-corrected chi connectivity index (χ3v) is 3.01. The average molecular weight is 219 g/mol. The van der Waals surface area contributed by atoms with Crippen molar-refractivity contribution in [3.05, 3.63) is 35.3 Å². The van der Waals surface area contributed by atoms with E-state index < -0.39 is 0 Å². The molecule has 1 aliphatic carbocycles. The molecule has 1 heterocycles. The van der Waals surface area contributed by atoms with E-state index in [1.165, 1.54) is 12.8 Å². The highest BCUT2D eigenvalue weighted by Crippen LogP contribution is 2.25. The maximum atomic E-state index is 13.7. The normalized spacial score (nSPS) is 15.9. The molecule has 0 saturated heterocycles. The van der Waals surface area contributed by atoms with Crippen LogP contribution in [0.4, 0.5) is 4.39 Å². The van der Waals surface area contributed by atoms with Gasteiger partial charge in [-0.2, -0.15) is 0 Å². The SMILES string of the molecule is Cc1ccc2cc(CNC3CC3)oc2c1F. The molecule has 0 bridgehead atoms. The van der Waals surface area contributed by atoms with Crippen LogP contribution in [0.3, 0.4) is 0 Å². The number of nitrogens with one attached hydrogen (secondary N) is 1. The summed E-state index contributed by atoms with van der Waals surface area (Å²) in [6.07, 6.45) is 2.49. The molecule has 0 unspecified atom stereocenters. The van der Waals surface area contributed by atoms with Gasteiger partial charge in [-0.15, -0.1) is 0 Å².